The summed E-state index contributed by atoms with van der Waals surface area (Å²) in [5.41, 5.74) is -0.591. The third-order valence-electron chi connectivity index (χ3n) is 3.54. The quantitative estimate of drug-likeness (QED) is 0.837. The van der Waals surface area contributed by atoms with Crippen LogP contribution < -0.4 is 10.1 Å². The number of carbonyl (C=O) groups is 1. The van der Waals surface area contributed by atoms with Crippen molar-refractivity contribution in [2.45, 2.75) is 39.4 Å². The van der Waals surface area contributed by atoms with Gasteiger partial charge >= 0.3 is 0 Å². The number of benzene rings is 1. The van der Waals surface area contributed by atoms with Gasteiger partial charge < -0.3 is 15.2 Å². The first kappa shape index (κ1) is 17.0. The minimum atomic E-state index is -0.972. The number of aliphatic hydroxyl groups is 1. The molecule has 0 saturated carbocycles. The number of nitriles is 1. The summed E-state index contributed by atoms with van der Waals surface area (Å²) in [6.07, 6.45) is -0.748. The summed E-state index contributed by atoms with van der Waals surface area (Å²) in [5, 5.41) is 21.7. The van der Waals surface area contributed by atoms with Crippen LogP contribution in [0.2, 0.25) is 0 Å². The van der Waals surface area contributed by atoms with Gasteiger partial charge in [0, 0.05) is 6.54 Å². The van der Waals surface area contributed by atoms with Gasteiger partial charge in [0.25, 0.3) is 5.91 Å². The van der Waals surface area contributed by atoms with E-state index < -0.39 is 11.7 Å². The largest absolute Gasteiger partial charge is 0.480 e. The lowest BCUT2D eigenvalue weighted by molar-refractivity contribution is -0.128. The van der Waals surface area contributed by atoms with E-state index in [2.05, 4.69) is 5.32 Å². The van der Waals surface area contributed by atoms with E-state index in [4.69, 9.17) is 10.00 Å². The van der Waals surface area contributed by atoms with Crippen LogP contribution in [0.3, 0.4) is 0 Å². The number of hydrogen-bond acceptors (Lipinski definition) is 4. The smallest absolute Gasteiger partial charge is 0.260 e. The van der Waals surface area contributed by atoms with Crippen molar-refractivity contribution in [2.75, 3.05) is 6.54 Å². The highest BCUT2D eigenvalue weighted by molar-refractivity contribution is 5.80. The highest BCUT2D eigenvalue weighted by Crippen LogP contribution is 2.18. The summed E-state index contributed by atoms with van der Waals surface area (Å²) >= 11 is 0. The fourth-order valence-corrected chi connectivity index (χ4v) is 1.52. The van der Waals surface area contributed by atoms with E-state index in [0.717, 1.165) is 0 Å². The zero-order valence-electron chi connectivity index (χ0n) is 12.9. The molecule has 0 aliphatic rings. The molecule has 0 heterocycles. The molecule has 21 heavy (non-hydrogen) atoms. The van der Waals surface area contributed by atoms with Crippen LogP contribution in [0, 0.1) is 17.2 Å². The van der Waals surface area contributed by atoms with E-state index in [9.17, 15) is 9.90 Å². The molecular weight excluding hydrogens is 268 g/mol. The molecule has 2 atom stereocenters. The molecule has 1 aromatic carbocycles. The molecular formula is C16H22N2O3. The van der Waals surface area contributed by atoms with Gasteiger partial charge in [-0.15, -0.1) is 0 Å². The van der Waals surface area contributed by atoms with Gasteiger partial charge in [-0.2, -0.15) is 5.26 Å². The van der Waals surface area contributed by atoms with Gasteiger partial charge in [0.05, 0.1) is 11.2 Å². The number of carbonyl (C=O) groups excluding carboxylic acids is 1. The Balaban J connectivity index is 2.62. The van der Waals surface area contributed by atoms with Crippen LogP contribution in [0.1, 0.15) is 33.3 Å². The Labute approximate surface area is 125 Å². The van der Waals surface area contributed by atoms with E-state index in [-0.39, 0.29) is 18.4 Å². The second-order valence-electron chi connectivity index (χ2n) is 5.60. The third-order valence-corrected chi connectivity index (χ3v) is 3.54. The van der Waals surface area contributed by atoms with Crippen LogP contribution in [0.4, 0.5) is 0 Å². The van der Waals surface area contributed by atoms with Crippen LogP contribution in [-0.4, -0.2) is 29.3 Å². The zero-order chi connectivity index (χ0) is 16.0. The lowest BCUT2D eigenvalue weighted by Gasteiger charge is -2.28. The number of amides is 1. The summed E-state index contributed by atoms with van der Waals surface area (Å²) in [5.74, 6) is 0.0651. The summed E-state index contributed by atoms with van der Waals surface area (Å²) in [6, 6.07) is 8.76. The fraction of sp³-hybridized carbons (Fsp3) is 0.500. The average molecular weight is 290 g/mol. The topological polar surface area (TPSA) is 82.3 Å². The number of rotatable bonds is 6. The molecule has 5 heteroatoms. The first-order valence-electron chi connectivity index (χ1n) is 6.94. The maximum absolute atomic E-state index is 12.0. The predicted molar refractivity (Wildman–Crippen MR) is 79.7 cm³/mol. The van der Waals surface area contributed by atoms with Crippen LogP contribution in [0.15, 0.2) is 24.3 Å². The first-order chi connectivity index (χ1) is 9.77. The van der Waals surface area contributed by atoms with Gasteiger partial charge in [0.2, 0.25) is 0 Å². The van der Waals surface area contributed by atoms with Gasteiger partial charge in [0.1, 0.15) is 11.8 Å². The molecule has 2 N–H and O–H groups in total. The molecule has 5 nitrogen and oxygen atoms in total. The molecule has 114 valence electrons. The van der Waals surface area contributed by atoms with E-state index in [1.165, 1.54) is 0 Å². The van der Waals surface area contributed by atoms with E-state index in [1.807, 2.05) is 19.9 Å². The van der Waals surface area contributed by atoms with Crippen molar-refractivity contribution in [3.05, 3.63) is 29.8 Å². The first-order valence-corrected chi connectivity index (χ1v) is 6.94. The van der Waals surface area contributed by atoms with Gasteiger partial charge in [0.15, 0.2) is 6.10 Å². The summed E-state index contributed by atoms with van der Waals surface area (Å²) in [7, 11) is 0. The predicted octanol–water partition coefficient (Wildman–Crippen LogP) is 1.85. The number of hydrogen-bond donors (Lipinski definition) is 2. The molecule has 0 aromatic heterocycles. The zero-order valence-corrected chi connectivity index (χ0v) is 12.9. The van der Waals surface area contributed by atoms with E-state index >= 15 is 0 Å². The molecule has 1 rings (SSSR count). The summed E-state index contributed by atoms with van der Waals surface area (Å²) in [4.78, 5) is 12.0. The minimum Gasteiger partial charge on any atom is -0.480 e. The van der Waals surface area contributed by atoms with Crippen LogP contribution in [0.25, 0.3) is 0 Å². The lowest BCUT2D eigenvalue weighted by atomic mass is 9.92. The summed E-state index contributed by atoms with van der Waals surface area (Å²) in [6.45, 7) is 7.20. The second-order valence-corrected chi connectivity index (χ2v) is 5.60. The minimum absolute atomic E-state index is 0.0216. The van der Waals surface area contributed by atoms with E-state index in [1.54, 1.807) is 38.1 Å². The highest BCUT2D eigenvalue weighted by Gasteiger charge is 2.26. The van der Waals surface area contributed by atoms with Crippen LogP contribution in [0.5, 0.6) is 5.75 Å². The van der Waals surface area contributed by atoms with Crippen LogP contribution >= 0.6 is 0 Å². The second kappa shape index (κ2) is 7.09. The van der Waals surface area contributed by atoms with Crippen molar-refractivity contribution in [1.82, 2.24) is 5.32 Å². The van der Waals surface area contributed by atoms with Crippen molar-refractivity contribution in [3.63, 3.8) is 0 Å². The van der Waals surface area contributed by atoms with E-state index in [0.29, 0.717) is 11.3 Å². The molecule has 0 aliphatic carbocycles. The van der Waals surface area contributed by atoms with Gasteiger partial charge in [-0.3, -0.25) is 4.79 Å². The van der Waals surface area contributed by atoms with Gasteiger partial charge in [-0.1, -0.05) is 26.0 Å². The molecule has 2 unspecified atom stereocenters. The number of para-hydroxylation sites is 1. The number of ether oxygens (including phenoxy) is 1. The van der Waals surface area contributed by atoms with Crippen molar-refractivity contribution in [3.8, 4) is 11.8 Å². The molecule has 0 bridgehead atoms. The Kier molecular flexibility index (Phi) is 5.74. The SMILES string of the molecule is CC(Oc1ccccc1C#N)C(=O)NCC(C)(O)C(C)C. The highest BCUT2D eigenvalue weighted by atomic mass is 16.5. The molecule has 0 fully saturated rings. The van der Waals surface area contributed by atoms with Crippen molar-refractivity contribution >= 4 is 5.91 Å². The Hall–Kier alpha value is -2.06. The molecule has 0 radical (unpaired) electrons. The normalized spacial score (nSPS) is 14.9. The Morgan fingerprint density at radius 1 is 1.43 bits per heavy atom. The summed E-state index contributed by atoms with van der Waals surface area (Å²) < 4.78 is 5.51. The van der Waals surface area contributed by atoms with Gasteiger partial charge in [-0.25, -0.2) is 0 Å². The third kappa shape index (κ3) is 4.76. The molecule has 0 spiro atoms. The number of nitrogens with one attached hydrogen (secondary N) is 1. The molecule has 0 aliphatic heterocycles. The number of nitrogens with zero attached hydrogens (tertiary/aromatic N) is 1. The Morgan fingerprint density at radius 2 is 2.05 bits per heavy atom. The maximum Gasteiger partial charge on any atom is 0.260 e. The van der Waals surface area contributed by atoms with Gasteiger partial charge in [-0.05, 0) is 31.9 Å². The van der Waals surface area contributed by atoms with Crippen molar-refractivity contribution in [1.29, 1.82) is 5.26 Å². The monoisotopic (exact) mass is 290 g/mol. The lowest BCUT2D eigenvalue weighted by Crippen LogP contribution is -2.47. The Morgan fingerprint density at radius 3 is 2.62 bits per heavy atom. The van der Waals surface area contributed by atoms with Crippen LogP contribution in [-0.2, 0) is 4.79 Å². The standard InChI is InChI=1S/C16H22N2O3/c1-11(2)16(4,20)10-18-15(19)12(3)21-14-8-6-5-7-13(14)9-17/h5-8,11-12,20H,10H2,1-4H3,(H,18,19). The molecule has 1 amide bonds. The molecule has 1 aromatic rings. The van der Waals surface area contributed by atoms with Crippen molar-refractivity contribution < 1.29 is 14.6 Å². The Bertz CT molecular complexity index is 533. The average Bonchev–Trinajstić information content (AvgIpc) is 2.45. The maximum atomic E-state index is 12.0. The fourth-order valence-electron chi connectivity index (χ4n) is 1.52. The molecule has 0 saturated heterocycles. The van der Waals surface area contributed by atoms with Crippen molar-refractivity contribution in [2.24, 2.45) is 5.92 Å².